The summed E-state index contributed by atoms with van der Waals surface area (Å²) in [5, 5.41) is 0. The van der Waals surface area contributed by atoms with E-state index in [-0.39, 0.29) is 0 Å². The lowest BCUT2D eigenvalue weighted by Gasteiger charge is -2.12. The molecule has 2 heterocycles. The Morgan fingerprint density at radius 3 is 1.34 bits per heavy atom. The molecule has 0 spiro atoms. The molecule has 8 heteroatoms. The minimum absolute atomic E-state index is 0.563. The molecule has 0 aliphatic rings. The lowest BCUT2D eigenvalue weighted by atomic mass is 10.1. The summed E-state index contributed by atoms with van der Waals surface area (Å²) in [6, 6.07) is 16.5. The van der Waals surface area contributed by atoms with Crippen molar-refractivity contribution in [1.82, 2.24) is 19.1 Å². The molecule has 0 atom stereocenters. The number of nitrogen functional groups attached to an aromatic ring is 2. The van der Waals surface area contributed by atoms with Crippen LogP contribution in [0.1, 0.15) is 25.7 Å². The number of rotatable bonds is 9. The SMILES string of the molecule is Nc1ncc(-c2ccc(Br)cc2)n1CCCCCCn1c(-c2ccc(Br)cc2)cnc1N. The van der Waals surface area contributed by atoms with Crippen LogP contribution in [-0.4, -0.2) is 19.1 Å². The zero-order chi connectivity index (χ0) is 22.5. The number of nitrogens with two attached hydrogens (primary N) is 2. The van der Waals surface area contributed by atoms with E-state index in [0.29, 0.717) is 11.9 Å². The maximum atomic E-state index is 6.13. The van der Waals surface area contributed by atoms with Crippen molar-refractivity contribution in [3.8, 4) is 22.5 Å². The molecule has 0 fully saturated rings. The largest absolute Gasteiger partial charge is 0.369 e. The summed E-state index contributed by atoms with van der Waals surface area (Å²) in [4.78, 5) is 8.64. The Morgan fingerprint density at radius 2 is 0.969 bits per heavy atom. The van der Waals surface area contributed by atoms with Crippen LogP contribution in [0.25, 0.3) is 22.5 Å². The van der Waals surface area contributed by atoms with Gasteiger partial charge < -0.3 is 20.6 Å². The number of halogens is 2. The standard InChI is InChI=1S/C24H26Br2N6/c25-19-9-5-17(6-10-19)21-15-29-23(27)31(21)13-3-1-2-4-14-32-22(16-30-24(32)28)18-7-11-20(26)12-8-18/h5-12,15-16H,1-4,13-14H2,(H2,27,29)(H2,28,30). The Bertz CT molecular complexity index is 1070. The number of anilines is 2. The lowest BCUT2D eigenvalue weighted by Crippen LogP contribution is -2.06. The summed E-state index contributed by atoms with van der Waals surface area (Å²) in [6.07, 6.45) is 8.01. The normalized spacial score (nSPS) is 11.2. The highest BCUT2D eigenvalue weighted by Crippen LogP contribution is 2.26. The van der Waals surface area contributed by atoms with Crippen LogP contribution < -0.4 is 11.5 Å². The highest BCUT2D eigenvalue weighted by molar-refractivity contribution is 9.10. The van der Waals surface area contributed by atoms with E-state index in [1.807, 2.05) is 36.7 Å². The summed E-state index contributed by atoms with van der Waals surface area (Å²) in [5.41, 5.74) is 16.6. The van der Waals surface area contributed by atoms with Crippen LogP contribution in [0.5, 0.6) is 0 Å². The molecule has 0 aliphatic carbocycles. The summed E-state index contributed by atoms with van der Waals surface area (Å²) in [5.74, 6) is 1.13. The third-order valence-electron chi connectivity index (χ3n) is 5.57. The maximum Gasteiger partial charge on any atom is 0.200 e. The van der Waals surface area contributed by atoms with Gasteiger partial charge in [0, 0.05) is 22.0 Å². The van der Waals surface area contributed by atoms with Crippen LogP contribution in [-0.2, 0) is 13.1 Å². The van der Waals surface area contributed by atoms with Gasteiger partial charge in [-0.05, 0) is 48.2 Å². The van der Waals surface area contributed by atoms with Crippen molar-refractivity contribution < 1.29 is 0 Å². The van der Waals surface area contributed by atoms with Gasteiger partial charge in [0.1, 0.15) is 0 Å². The van der Waals surface area contributed by atoms with Crippen molar-refractivity contribution in [3.63, 3.8) is 0 Å². The predicted octanol–water partition coefficient (Wildman–Crippen LogP) is 6.36. The molecule has 166 valence electrons. The van der Waals surface area contributed by atoms with E-state index in [0.717, 1.165) is 70.2 Å². The summed E-state index contributed by atoms with van der Waals surface area (Å²) in [6.45, 7) is 1.71. The number of hydrogen-bond acceptors (Lipinski definition) is 4. The molecular formula is C24H26Br2N6. The molecule has 4 aromatic rings. The number of benzene rings is 2. The highest BCUT2D eigenvalue weighted by Gasteiger charge is 2.11. The van der Waals surface area contributed by atoms with Gasteiger partial charge >= 0.3 is 0 Å². The van der Waals surface area contributed by atoms with Crippen LogP contribution in [0.2, 0.25) is 0 Å². The second-order valence-corrected chi connectivity index (χ2v) is 9.57. The van der Waals surface area contributed by atoms with Crippen molar-refractivity contribution in [2.75, 3.05) is 11.5 Å². The summed E-state index contributed by atoms with van der Waals surface area (Å²) in [7, 11) is 0. The molecule has 0 bridgehead atoms. The fourth-order valence-corrected chi connectivity index (χ4v) is 4.37. The molecule has 0 aliphatic heterocycles. The molecular weight excluding hydrogens is 532 g/mol. The number of imidazole rings is 2. The fraction of sp³-hybridized carbons (Fsp3) is 0.250. The van der Waals surface area contributed by atoms with Crippen LogP contribution in [0.4, 0.5) is 11.9 Å². The smallest absolute Gasteiger partial charge is 0.200 e. The first kappa shape index (κ1) is 22.6. The van der Waals surface area contributed by atoms with Crippen molar-refractivity contribution in [3.05, 3.63) is 69.9 Å². The summed E-state index contributed by atoms with van der Waals surface area (Å²) >= 11 is 6.97. The third kappa shape index (κ3) is 5.24. The Morgan fingerprint density at radius 1 is 0.594 bits per heavy atom. The molecule has 2 aromatic carbocycles. The molecule has 0 radical (unpaired) electrons. The molecule has 4 rings (SSSR count). The third-order valence-corrected chi connectivity index (χ3v) is 6.62. The molecule has 0 saturated carbocycles. The first-order valence-corrected chi connectivity index (χ1v) is 12.3. The Hall–Kier alpha value is -2.58. The minimum atomic E-state index is 0.563. The first-order chi connectivity index (χ1) is 15.5. The maximum absolute atomic E-state index is 6.13. The van der Waals surface area contributed by atoms with Gasteiger partial charge in [-0.25, -0.2) is 9.97 Å². The van der Waals surface area contributed by atoms with Gasteiger partial charge in [0.15, 0.2) is 0 Å². The lowest BCUT2D eigenvalue weighted by molar-refractivity contribution is 0.547. The van der Waals surface area contributed by atoms with Gasteiger partial charge in [0.05, 0.1) is 23.8 Å². The van der Waals surface area contributed by atoms with Crippen LogP contribution >= 0.6 is 31.9 Å². The van der Waals surface area contributed by atoms with Crippen molar-refractivity contribution in [2.45, 2.75) is 38.8 Å². The zero-order valence-corrected chi connectivity index (χ0v) is 20.9. The average molecular weight is 558 g/mol. The van der Waals surface area contributed by atoms with Gasteiger partial charge in [-0.1, -0.05) is 69.0 Å². The highest BCUT2D eigenvalue weighted by atomic mass is 79.9. The fourth-order valence-electron chi connectivity index (χ4n) is 3.85. The van der Waals surface area contributed by atoms with Crippen LogP contribution in [0.3, 0.4) is 0 Å². The van der Waals surface area contributed by atoms with E-state index < -0.39 is 0 Å². The predicted molar refractivity (Wildman–Crippen MR) is 138 cm³/mol. The topological polar surface area (TPSA) is 87.7 Å². The van der Waals surface area contributed by atoms with E-state index in [1.165, 1.54) is 0 Å². The van der Waals surface area contributed by atoms with Gasteiger partial charge in [0.25, 0.3) is 0 Å². The molecule has 0 saturated heterocycles. The van der Waals surface area contributed by atoms with Gasteiger partial charge in [0.2, 0.25) is 11.9 Å². The number of nitrogens with zero attached hydrogens (tertiary/aromatic N) is 4. The quantitative estimate of drug-likeness (QED) is 0.234. The monoisotopic (exact) mass is 556 g/mol. The van der Waals surface area contributed by atoms with Gasteiger partial charge in [-0.2, -0.15) is 0 Å². The Labute approximate surface area is 204 Å². The summed E-state index contributed by atoms with van der Waals surface area (Å²) < 4.78 is 6.31. The van der Waals surface area contributed by atoms with E-state index in [4.69, 9.17) is 11.5 Å². The Balaban J connectivity index is 1.30. The molecule has 0 amide bonds. The zero-order valence-electron chi connectivity index (χ0n) is 17.7. The average Bonchev–Trinajstić information content (AvgIpc) is 3.34. The van der Waals surface area contributed by atoms with E-state index in [2.05, 4.69) is 75.2 Å². The Kier molecular flexibility index (Phi) is 7.32. The molecule has 4 N–H and O–H groups in total. The number of unbranched alkanes of at least 4 members (excludes halogenated alkanes) is 3. The molecule has 6 nitrogen and oxygen atoms in total. The second-order valence-electron chi connectivity index (χ2n) is 7.73. The molecule has 32 heavy (non-hydrogen) atoms. The van der Waals surface area contributed by atoms with Crippen molar-refractivity contribution in [1.29, 1.82) is 0 Å². The van der Waals surface area contributed by atoms with Crippen LogP contribution in [0.15, 0.2) is 69.9 Å². The molecule has 0 unspecified atom stereocenters. The number of hydrogen-bond donors (Lipinski definition) is 2. The number of aromatic nitrogens is 4. The van der Waals surface area contributed by atoms with E-state index in [1.54, 1.807) is 0 Å². The minimum Gasteiger partial charge on any atom is -0.369 e. The van der Waals surface area contributed by atoms with E-state index in [9.17, 15) is 0 Å². The van der Waals surface area contributed by atoms with Crippen LogP contribution in [0, 0.1) is 0 Å². The van der Waals surface area contributed by atoms with Gasteiger partial charge in [-0.3, -0.25) is 0 Å². The van der Waals surface area contributed by atoms with Gasteiger partial charge in [-0.15, -0.1) is 0 Å². The first-order valence-electron chi connectivity index (χ1n) is 10.7. The second kappa shape index (κ2) is 10.4. The molecule has 2 aromatic heterocycles. The van der Waals surface area contributed by atoms with Crippen molar-refractivity contribution in [2.24, 2.45) is 0 Å². The van der Waals surface area contributed by atoms with Crippen molar-refractivity contribution >= 4 is 43.8 Å². The van der Waals surface area contributed by atoms with E-state index >= 15 is 0 Å².